The van der Waals surface area contributed by atoms with Crippen molar-refractivity contribution in [3.63, 3.8) is 0 Å². The molecule has 0 bridgehead atoms. The van der Waals surface area contributed by atoms with E-state index in [-0.39, 0.29) is 0 Å². The number of hydrogen-bond acceptors (Lipinski definition) is 6. The molecule has 9 nitrogen and oxygen atoms in total. The van der Waals surface area contributed by atoms with Gasteiger partial charge in [0.15, 0.2) is 0 Å². The average molecular weight is 258 g/mol. The Labute approximate surface area is 90.0 Å². The van der Waals surface area contributed by atoms with Crippen molar-refractivity contribution in [1.82, 2.24) is 0 Å². The molecule has 2 unspecified atom stereocenters. The third-order valence-corrected chi connectivity index (χ3v) is 2.67. The van der Waals surface area contributed by atoms with Crippen LogP contribution in [0.25, 0.3) is 0 Å². The lowest BCUT2D eigenvalue weighted by Crippen LogP contribution is -2.58. The van der Waals surface area contributed by atoms with Crippen molar-refractivity contribution in [1.29, 1.82) is 0 Å². The summed E-state index contributed by atoms with van der Waals surface area (Å²) >= 11 is 0. The fourth-order valence-corrected chi connectivity index (χ4v) is 1.79. The van der Waals surface area contributed by atoms with E-state index in [1.807, 2.05) is 0 Å². The maximum atomic E-state index is 10.7. The summed E-state index contributed by atoms with van der Waals surface area (Å²) in [7, 11) is -5.34. The molecule has 94 valence electrons. The van der Waals surface area contributed by atoms with E-state index in [0.717, 1.165) is 0 Å². The van der Waals surface area contributed by atoms with Crippen LogP contribution in [0.1, 0.15) is 6.92 Å². The van der Waals surface area contributed by atoms with Crippen molar-refractivity contribution in [3.8, 4) is 0 Å². The molecule has 0 saturated carbocycles. The van der Waals surface area contributed by atoms with Gasteiger partial charge >= 0.3 is 11.9 Å². The van der Waals surface area contributed by atoms with Crippen LogP contribution in [0.15, 0.2) is 0 Å². The summed E-state index contributed by atoms with van der Waals surface area (Å²) in [6.45, 7) is 0.735. The van der Waals surface area contributed by atoms with Gasteiger partial charge in [-0.1, -0.05) is 0 Å². The molecule has 0 spiro atoms. The average Bonchev–Trinajstić information content (AvgIpc) is 1.99. The molecule has 4 N–H and O–H groups in total. The van der Waals surface area contributed by atoms with E-state index in [1.165, 1.54) is 6.92 Å². The zero-order valence-electron chi connectivity index (χ0n) is 8.02. The number of aliphatic carboxylic acids is 2. The molecule has 0 rings (SSSR count). The number of carboxylic acid groups (broad SMARTS) is 2. The van der Waals surface area contributed by atoms with Gasteiger partial charge in [0.1, 0.15) is 0 Å². The first-order chi connectivity index (χ1) is 7.07. The number of rotatable bonds is 6. The molecule has 0 radical (unpaired) electrons. The molecule has 0 aliphatic carbocycles. The molecular formula is C6H10O9S. The van der Waals surface area contributed by atoms with Crippen molar-refractivity contribution in [2.45, 2.75) is 18.0 Å². The second-order valence-electron chi connectivity index (χ2n) is 2.67. The molecule has 2 atom stereocenters. The Morgan fingerprint density at radius 1 is 1.38 bits per heavy atom. The number of carbonyl (C=O) groups is 2. The Hall–Kier alpha value is -1.23. The highest BCUT2D eigenvalue weighted by Crippen LogP contribution is 2.20. The minimum absolute atomic E-state index is 0.470. The van der Waals surface area contributed by atoms with E-state index >= 15 is 0 Å². The van der Waals surface area contributed by atoms with Crippen molar-refractivity contribution in [3.05, 3.63) is 0 Å². The summed E-state index contributed by atoms with van der Waals surface area (Å²) in [4.78, 5) is 21.1. The molecule has 16 heavy (non-hydrogen) atoms. The molecule has 0 fully saturated rings. The van der Waals surface area contributed by atoms with E-state index in [9.17, 15) is 23.1 Å². The topological polar surface area (TPSA) is 158 Å². The van der Waals surface area contributed by atoms with Gasteiger partial charge in [0, 0.05) is 6.61 Å². The Kier molecular flexibility index (Phi) is 4.37. The fourth-order valence-electron chi connectivity index (χ4n) is 0.966. The van der Waals surface area contributed by atoms with Gasteiger partial charge in [-0.3, -0.25) is 9.35 Å². The molecular weight excluding hydrogens is 248 g/mol. The molecule has 0 aromatic carbocycles. The maximum absolute atomic E-state index is 10.7. The Bertz CT molecular complexity index is 385. The van der Waals surface area contributed by atoms with Gasteiger partial charge in [0.05, 0.1) is 0 Å². The Morgan fingerprint density at radius 2 is 1.81 bits per heavy atom. The first-order valence-corrected chi connectivity index (χ1v) is 5.36. The third-order valence-electron chi connectivity index (χ3n) is 1.55. The van der Waals surface area contributed by atoms with Gasteiger partial charge in [0.2, 0.25) is 5.25 Å². The first kappa shape index (κ1) is 14.8. The Morgan fingerprint density at radius 3 is 2.00 bits per heavy atom. The molecule has 0 amide bonds. The highest BCUT2D eigenvalue weighted by atomic mass is 32.2. The van der Waals surface area contributed by atoms with Crippen molar-refractivity contribution >= 4 is 22.1 Å². The summed E-state index contributed by atoms with van der Waals surface area (Å²) < 4.78 is 34.1. The van der Waals surface area contributed by atoms with Crippen LogP contribution in [0.4, 0.5) is 0 Å². The van der Waals surface area contributed by atoms with Crippen LogP contribution in [-0.2, 0) is 24.4 Å². The molecule has 0 aromatic rings. The van der Waals surface area contributed by atoms with Gasteiger partial charge in [-0.05, 0) is 6.92 Å². The van der Waals surface area contributed by atoms with Crippen LogP contribution in [0.5, 0.6) is 0 Å². The third kappa shape index (κ3) is 2.88. The van der Waals surface area contributed by atoms with Gasteiger partial charge in [-0.2, -0.15) is 8.42 Å². The normalized spacial score (nSPS) is 17.4. The molecule has 0 saturated heterocycles. The number of hydrogen-bond donors (Lipinski definition) is 4. The van der Waals surface area contributed by atoms with E-state index in [1.54, 1.807) is 0 Å². The summed E-state index contributed by atoms with van der Waals surface area (Å²) in [6, 6.07) is 0. The van der Waals surface area contributed by atoms with Crippen molar-refractivity contribution in [2.24, 2.45) is 0 Å². The second-order valence-corrected chi connectivity index (χ2v) is 4.17. The lowest BCUT2D eigenvalue weighted by molar-refractivity contribution is -0.224. The molecule has 0 aliphatic heterocycles. The number of ether oxygens (including phenoxy) is 1. The SMILES string of the molecule is CCOC(O)(C(=O)O)C(C(=O)O)S(=O)(=O)O. The van der Waals surface area contributed by atoms with Crippen LogP contribution in [-0.4, -0.2) is 57.9 Å². The molecule has 10 heteroatoms. The fraction of sp³-hybridized carbons (Fsp3) is 0.667. The minimum atomic E-state index is -5.34. The van der Waals surface area contributed by atoms with Crippen LogP contribution in [0.2, 0.25) is 0 Å². The van der Waals surface area contributed by atoms with E-state index in [0.29, 0.717) is 0 Å². The highest BCUT2D eigenvalue weighted by molar-refractivity contribution is 7.87. The number of carboxylic acids is 2. The zero-order chi connectivity index (χ0) is 13.1. The van der Waals surface area contributed by atoms with E-state index in [2.05, 4.69) is 4.74 Å². The predicted octanol–water partition coefficient (Wildman–Crippen LogP) is -1.86. The lowest BCUT2D eigenvalue weighted by atomic mass is 10.2. The highest BCUT2D eigenvalue weighted by Gasteiger charge is 2.57. The smallest absolute Gasteiger partial charge is 0.366 e. The quantitative estimate of drug-likeness (QED) is 0.316. The lowest BCUT2D eigenvalue weighted by Gasteiger charge is -2.26. The van der Waals surface area contributed by atoms with Crippen LogP contribution in [0, 0.1) is 0 Å². The Balaban J connectivity index is 5.64. The summed E-state index contributed by atoms with van der Waals surface area (Å²) in [5.41, 5.74) is 0. The van der Waals surface area contributed by atoms with Gasteiger partial charge in [0.25, 0.3) is 15.9 Å². The second kappa shape index (κ2) is 4.74. The maximum Gasteiger partial charge on any atom is 0.366 e. The van der Waals surface area contributed by atoms with Crippen LogP contribution >= 0.6 is 0 Å². The van der Waals surface area contributed by atoms with E-state index < -0.39 is 39.7 Å². The summed E-state index contributed by atoms with van der Waals surface area (Å²) in [5.74, 6) is -8.03. The zero-order valence-corrected chi connectivity index (χ0v) is 8.84. The van der Waals surface area contributed by atoms with Crippen LogP contribution in [0.3, 0.4) is 0 Å². The van der Waals surface area contributed by atoms with Gasteiger partial charge in [-0.15, -0.1) is 0 Å². The molecule has 0 aliphatic rings. The van der Waals surface area contributed by atoms with E-state index in [4.69, 9.17) is 14.8 Å². The molecule has 0 aromatic heterocycles. The number of aliphatic hydroxyl groups is 1. The molecule has 0 heterocycles. The summed E-state index contributed by atoms with van der Waals surface area (Å²) in [6.07, 6.45) is 0. The standard InChI is InChI=1S/C6H10O9S/c1-2-15-6(11,5(9)10)3(4(7)8)16(12,13)14/h3,11H,2H2,1H3,(H,7,8)(H,9,10)(H,12,13,14). The first-order valence-electron chi connectivity index (χ1n) is 3.86. The largest absolute Gasteiger partial charge is 0.480 e. The predicted molar refractivity (Wildman–Crippen MR) is 47.2 cm³/mol. The minimum Gasteiger partial charge on any atom is -0.480 e. The van der Waals surface area contributed by atoms with Gasteiger partial charge in [-0.25, -0.2) is 4.79 Å². The van der Waals surface area contributed by atoms with Crippen LogP contribution < -0.4 is 0 Å². The van der Waals surface area contributed by atoms with Crippen molar-refractivity contribution in [2.75, 3.05) is 6.61 Å². The van der Waals surface area contributed by atoms with Crippen molar-refractivity contribution < 1.29 is 42.6 Å². The summed E-state index contributed by atoms with van der Waals surface area (Å²) in [5, 5.41) is 23.3. The van der Waals surface area contributed by atoms with Gasteiger partial charge < -0.3 is 20.1 Å². The monoisotopic (exact) mass is 258 g/mol.